The molecule has 1 heterocycles. The second kappa shape index (κ2) is 8.47. The summed E-state index contributed by atoms with van der Waals surface area (Å²) in [4.78, 5) is 16.8. The van der Waals surface area contributed by atoms with Gasteiger partial charge in [0, 0.05) is 25.1 Å². The van der Waals surface area contributed by atoms with E-state index in [1.807, 2.05) is 36.4 Å². The van der Waals surface area contributed by atoms with Crippen LogP contribution in [0, 0.1) is 0 Å². The molecule has 2 aromatic carbocycles. The lowest BCUT2D eigenvalue weighted by atomic mass is 10.2. The third kappa shape index (κ3) is 4.27. The number of para-hydroxylation sites is 3. The van der Waals surface area contributed by atoms with Gasteiger partial charge in [0.25, 0.3) is 0 Å². The SMILES string of the molecule is CCCCCNC(=O)CCc1nc2ccccc2n1-c1ccccc1. The first-order chi connectivity index (χ1) is 12.3. The summed E-state index contributed by atoms with van der Waals surface area (Å²) in [5.41, 5.74) is 3.12. The van der Waals surface area contributed by atoms with Crippen LogP contribution in [0.15, 0.2) is 54.6 Å². The first-order valence-electron chi connectivity index (χ1n) is 9.08. The van der Waals surface area contributed by atoms with Crippen LogP contribution in [0.3, 0.4) is 0 Å². The Bertz CT molecular complexity index is 824. The molecular weight excluding hydrogens is 310 g/mol. The molecule has 1 amide bonds. The zero-order valence-corrected chi connectivity index (χ0v) is 14.7. The van der Waals surface area contributed by atoms with E-state index in [1.165, 1.54) is 0 Å². The molecule has 0 radical (unpaired) electrons. The van der Waals surface area contributed by atoms with Gasteiger partial charge in [-0.15, -0.1) is 0 Å². The Balaban J connectivity index is 1.76. The fourth-order valence-corrected chi connectivity index (χ4v) is 3.03. The number of nitrogens with zero attached hydrogens (tertiary/aromatic N) is 2. The summed E-state index contributed by atoms with van der Waals surface area (Å²) in [7, 11) is 0. The van der Waals surface area contributed by atoms with Crippen molar-refractivity contribution in [2.24, 2.45) is 0 Å². The number of fused-ring (bicyclic) bond motifs is 1. The quantitative estimate of drug-likeness (QED) is 0.625. The Morgan fingerprint density at radius 3 is 2.60 bits per heavy atom. The lowest BCUT2D eigenvalue weighted by molar-refractivity contribution is -0.121. The number of imidazole rings is 1. The van der Waals surface area contributed by atoms with Crippen molar-refractivity contribution in [3.05, 3.63) is 60.4 Å². The molecule has 0 saturated carbocycles. The molecule has 4 nitrogen and oxygen atoms in total. The van der Waals surface area contributed by atoms with Crippen LogP contribution in [0.25, 0.3) is 16.7 Å². The summed E-state index contributed by atoms with van der Waals surface area (Å²) in [6, 6.07) is 18.3. The van der Waals surface area contributed by atoms with Crippen molar-refractivity contribution in [3.63, 3.8) is 0 Å². The van der Waals surface area contributed by atoms with Crippen LogP contribution in [-0.4, -0.2) is 22.0 Å². The van der Waals surface area contributed by atoms with E-state index in [2.05, 4.69) is 35.0 Å². The van der Waals surface area contributed by atoms with E-state index in [1.54, 1.807) is 0 Å². The lowest BCUT2D eigenvalue weighted by Gasteiger charge is -2.09. The molecule has 0 aliphatic rings. The molecule has 0 unspecified atom stereocenters. The molecule has 4 heteroatoms. The van der Waals surface area contributed by atoms with E-state index in [4.69, 9.17) is 4.98 Å². The molecule has 0 fully saturated rings. The maximum absolute atomic E-state index is 12.1. The van der Waals surface area contributed by atoms with Crippen LogP contribution in [0.5, 0.6) is 0 Å². The standard InChI is InChI=1S/C21H25N3O/c1-2-3-9-16-22-21(25)15-14-20-23-18-12-7-8-13-19(18)24(20)17-10-5-4-6-11-17/h4-8,10-13H,2-3,9,14-16H2,1H3,(H,22,25). The molecule has 0 aliphatic heterocycles. The van der Waals surface area contributed by atoms with Crippen molar-refractivity contribution in [2.45, 2.75) is 39.0 Å². The number of unbranched alkanes of at least 4 members (excludes halogenated alkanes) is 2. The van der Waals surface area contributed by atoms with Gasteiger partial charge in [0.05, 0.1) is 11.0 Å². The van der Waals surface area contributed by atoms with Crippen LogP contribution in [-0.2, 0) is 11.2 Å². The second-order valence-electron chi connectivity index (χ2n) is 6.24. The number of aryl methyl sites for hydroxylation is 1. The topological polar surface area (TPSA) is 46.9 Å². The molecule has 0 bridgehead atoms. The Hall–Kier alpha value is -2.62. The van der Waals surface area contributed by atoms with Gasteiger partial charge in [-0.2, -0.15) is 0 Å². The Kier molecular flexibility index (Phi) is 5.83. The van der Waals surface area contributed by atoms with Gasteiger partial charge in [0.15, 0.2) is 0 Å². The molecule has 3 rings (SSSR count). The second-order valence-corrected chi connectivity index (χ2v) is 6.24. The van der Waals surface area contributed by atoms with Crippen molar-refractivity contribution >= 4 is 16.9 Å². The summed E-state index contributed by atoms with van der Waals surface area (Å²) in [5.74, 6) is 1.03. The molecule has 25 heavy (non-hydrogen) atoms. The number of amides is 1. The normalized spacial score (nSPS) is 10.9. The fourth-order valence-electron chi connectivity index (χ4n) is 3.03. The molecule has 1 N–H and O–H groups in total. The highest BCUT2D eigenvalue weighted by atomic mass is 16.1. The number of carbonyl (C=O) groups excluding carboxylic acids is 1. The zero-order valence-electron chi connectivity index (χ0n) is 14.7. The maximum Gasteiger partial charge on any atom is 0.220 e. The number of aromatic nitrogens is 2. The van der Waals surface area contributed by atoms with E-state index < -0.39 is 0 Å². The van der Waals surface area contributed by atoms with Gasteiger partial charge in [-0.1, -0.05) is 50.1 Å². The van der Waals surface area contributed by atoms with Crippen LogP contribution < -0.4 is 5.32 Å². The molecule has 0 atom stereocenters. The molecule has 0 aliphatic carbocycles. The monoisotopic (exact) mass is 335 g/mol. The van der Waals surface area contributed by atoms with E-state index >= 15 is 0 Å². The molecule has 0 spiro atoms. The molecule has 0 saturated heterocycles. The maximum atomic E-state index is 12.1. The van der Waals surface area contributed by atoms with Crippen LogP contribution >= 0.6 is 0 Å². The van der Waals surface area contributed by atoms with Gasteiger partial charge in [-0.3, -0.25) is 9.36 Å². The first-order valence-corrected chi connectivity index (χ1v) is 9.08. The van der Waals surface area contributed by atoms with E-state index in [9.17, 15) is 4.79 Å². The van der Waals surface area contributed by atoms with Gasteiger partial charge in [-0.05, 0) is 30.7 Å². The highest BCUT2D eigenvalue weighted by molar-refractivity contribution is 5.79. The summed E-state index contributed by atoms with van der Waals surface area (Å²) < 4.78 is 2.15. The largest absolute Gasteiger partial charge is 0.356 e. The van der Waals surface area contributed by atoms with Crippen molar-refractivity contribution in [1.82, 2.24) is 14.9 Å². The van der Waals surface area contributed by atoms with Crippen molar-refractivity contribution in [3.8, 4) is 5.69 Å². The zero-order chi connectivity index (χ0) is 17.5. The highest BCUT2D eigenvalue weighted by Gasteiger charge is 2.13. The number of benzene rings is 2. The van der Waals surface area contributed by atoms with Crippen LogP contribution in [0.2, 0.25) is 0 Å². The molecule has 3 aromatic rings. The van der Waals surface area contributed by atoms with Gasteiger partial charge in [0.2, 0.25) is 5.91 Å². The summed E-state index contributed by atoms with van der Waals surface area (Å²) in [6.45, 7) is 2.93. The van der Waals surface area contributed by atoms with Gasteiger partial charge >= 0.3 is 0 Å². The Morgan fingerprint density at radius 2 is 1.80 bits per heavy atom. The predicted molar refractivity (Wildman–Crippen MR) is 102 cm³/mol. The Morgan fingerprint density at radius 1 is 1.04 bits per heavy atom. The van der Waals surface area contributed by atoms with E-state index in [-0.39, 0.29) is 5.91 Å². The number of nitrogens with one attached hydrogen (secondary N) is 1. The smallest absolute Gasteiger partial charge is 0.220 e. The number of hydrogen-bond acceptors (Lipinski definition) is 2. The third-order valence-electron chi connectivity index (χ3n) is 4.32. The minimum absolute atomic E-state index is 0.0998. The van der Waals surface area contributed by atoms with E-state index in [0.717, 1.165) is 48.4 Å². The third-order valence-corrected chi connectivity index (χ3v) is 4.32. The molecular formula is C21H25N3O. The van der Waals surface area contributed by atoms with Crippen molar-refractivity contribution in [1.29, 1.82) is 0 Å². The molecule has 1 aromatic heterocycles. The highest BCUT2D eigenvalue weighted by Crippen LogP contribution is 2.22. The molecule has 130 valence electrons. The van der Waals surface area contributed by atoms with Gasteiger partial charge < -0.3 is 5.32 Å². The average Bonchev–Trinajstić information content (AvgIpc) is 3.02. The predicted octanol–water partition coefficient (Wildman–Crippen LogP) is 4.26. The number of carbonyl (C=O) groups is 1. The minimum atomic E-state index is 0.0998. The average molecular weight is 335 g/mol. The summed E-state index contributed by atoms with van der Waals surface area (Å²) >= 11 is 0. The minimum Gasteiger partial charge on any atom is -0.356 e. The fraction of sp³-hybridized carbons (Fsp3) is 0.333. The van der Waals surface area contributed by atoms with Gasteiger partial charge in [-0.25, -0.2) is 4.98 Å². The first kappa shape index (κ1) is 17.2. The Labute approximate surface area is 148 Å². The summed E-state index contributed by atoms with van der Waals surface area (Å²) in [5, 5.41) is 3.00. The van der Waals surface area contributed by atoms with Crippen molar-refractivity contribution < 1.29 is 4.79 Å². The van der Waals surface area contributed by atoms with E-state index in [0.29, 0.717) is 12.8 Å². The number of rotatable bonds is 8. The lowest BCUT2D eigenvalue weighted by Crippen LogP contribution is -2.25. The van der Waals surface area contributed by atoms with Crippen molar-refractivity contribution in [2.75, 3.05) is 6.54 Å². The summed E-state index contributed by atoms with van der Waals surface area (Å²) in [6.07, 6.45) is 4.46. The van der Waals surface area contributed by atoms with Gasteiger partial charge in [0.1, 0.15) is 5.82 Å². The van der Waals surface area contributed by atoms with Crippen LogP contribution in [0.4, 0.5) is 0 Å². The van der Waals surface area contributed by atoms with Crippen LogP contribution in [0.1, 0.15) is 38.4 Å². The number of hydrogen-bond donors (Lipinski definition) is 1.